The van der Waals surface area contributed by atoms with Crippen LogP contribution in [-0.2, 0) is 24.0 Å². The fraction of sp³-hybridized carbons (Fsp3) is 0.548. The summed E-state index contributed by atoms with van der Waals surface area (Å²) in [6, 6.07) is 11.9. The first-order chi connectivity index (χ1) is 18.2. The molecule has 0 bridgehead atoms. The fourth-order valence-corrected chi connectivity index (χ4v) is 5.52. The predicted octanol–water partition coefficient (Wildman–Crippen LogP) is 5.55. The average molecular weight is 523 g/mol. The van der Waals surface area contributed by atoms with E-state index in [1.54, 1.807) is 12.0 Å². The zero-order valence-electron chi connectivity index (χ0n) is 23.3. The van der Waals surface area contributed by atoms with Gasteiger partial charge in [0, 0.05) is 43.7 Å². The first kappa shape index (κ1) is 28.0. The summed E-state index contributed by atoms with van der Waals surface area (Å²) in [6.07, 6.45) is 5.20. The van der Waals surface area contributed by atoms with Crippen molar-refractivity contribution in [1.29, 1.82) is 0 Å². The van der Waals surface area contributed by atoms with Gasteiger partial charge in [0.15, 0.2) is 5.78 Å². The number of carbonyl (C=O) groups excluding carboxylic acids is 2. The van der Waals surface area contributed by atoms with Crippen molar-refractivity contribution in [2.24, 2.45) is 0 Å². The van der Waals surface area contributed by atoms with Crippen LogP contribution in [0, 0.1) is 0 Å². The van der Waals surface area contributed by atoms with E-state index in [0.717, 1.165) is 66.8 Å². The summed E-state index contributed by atoms with van der Waals surface area (Å²) in [5.41, 5.74) is 4.71. The summed E-state index contributed by atoms with van der Waals surface area (Å²) in [5, 5.41) is 10.4. The maximum Gasteiger partial charge on any atom is 0.410 e. The highest BCUT2D eigenvalue weighted by molar-refractivity contribution is 5.97. The van der Waals surface area contributed by atoms with Gasteiger partial charge in [0.05, 0.1) is 7.11 Å². The molecule has 2 aliphatic heterocycles. The molecule has 2 aromatic rings. The lowest BCUT2D eigenvalue weighted by Gasteiger charge is -2.30. The second-order valence-electron chi connectivity index (χ2n) is 11.4. The van der Waals surface area contributed by atoms with Gasteiger partial charge >= 0.3 is 6.09 Å². The molecule has 7 heteroatoms. The van der Waals surface area contributed by atoms with Crippen molar-refractivity contribution in [3.63, 3.8) is 0 Å². The molecule has 0 saturated heterocycles. The largest absolute Gasteiger partial charge is 0.496 e. The van der Waals surface area contributed by atoms with E-state index in [9.17, 15) is 14.7 Å². The monoisotopic (exact) mass is 522 g/mol. The van der Waals surface area contributed by atoms with Crippen molar-refractivity contribution in [2.45, 2.75) is 84.0 Å². The van der Waals surface area contributed by atoms with E-state index in [4.69, 9.17) is 9.47 Å². The Morgan fingerprint density at radius 2 is 1.82 bits per heavy atom. The molecule has 2 heterocycles. The van der Waals surface area contributed by atoms with E-state index in [0.29, 0.717) is 32.4 Å². The Kier molecular flexibility index (Phi) is 8.98. The number of carbonyl (C=O) groups is 2. The van der Waals surface area contributed by atoms with Crippen molar-refractivity contribution in [1.82, 2.24) is 4.90 Å². The summed E-state index contributed by atoms with van der Waals surface area (Å²) < 4.78 is 11.1. The molecule has 1 atom stereocenters. The van der Waals surface area contributed by atoms with Gasteiger partial charge in [-0.05, 0) is 94.2 Å². The highest BCUT2D eigenvalue weighted by Gasteiger charge is 2.33. The van der Waals surface area contributed by atoms with Crippen LogP contribution in [0.3, 0.4) is 0 Å². The van der Waals surface area contributed by atoms with Crippen LogP contribution in [0.15, 0.2) is 36.4 Å². The number of para-hydroxylation sites is 1. The Hall–Kier alpha value is -3.06. The van der Waals surface area contributed by atoms with Crippen molar-refractivity contribution in [2.75, 3.05) is 31.6 Å². The third-order valence-corrected chi connectivity index (χ3v) is 7.28. The zero-order chi connectivity index (χ0) is 27.3. The second-order valence-corrected chi connectivity index (χ2v) is 11.4. The number of nitrogens with zero attached hydrogens (tertiary/aromatic N) is 2. The molecule has 2 aromatic carbocycles. The molecular weight excluding hydrogens is 480 g/mol. The van der Waals surface area contributed by atoms with Crippen molar-refractivity contribution in [3.05, 3.63) is 58.7 Å². The number of rotatable bonds is 11. The molecule has 7 nitrogen and oxygen atoms in total. The van der Waals surface area contributed by atoms with Crippen molar-refractivity contribution >= 4 is 17.6 Å². The number of anilines is 1. The molecule has 1 N–H and O–H groups in total. The van der Waals surface area contributed by atoms with Gasteiger partial charge in [0.25, 0.3) is 0 Å². The lowest BCUT2D eigenvalue weighted by Crippen LogP contribution is -2.38. The smallest absolute Gasteiger partial charge is 0.410 e. The molecule has 0 spiro atoms. The van der Waals surface area contributed by atoms with Crippen LogP contribution in [0.2, 0.25) is 0 Å². The number of unbranched alkanes of at least 4 members (excludes halogenated alkanes) is 1. The first-order valence-corrected chi connectivity index (χ1v) is 13.9. The van der Waals surface area contributed by atoms with Gasteiger partial charge < -0.3 is 24.4 Å². The number of aliphatic hydroxyl groups is 1. The average Bonchev–Trinajstić information content (AvgIpc) is 3.20. The van der Waals surface area contributed by atoms with Gasteiger partial charge in [0.2, 0.25) is 0 Å². The molecule has 0 aliphatic carbocycles. The molecule has 1 amide bonds. The minimum absolute atomic E-state index is 0.127. The molecule has 2 aliphatic rings. The van der Waals surface area contributed by atoms with Crippen LogP contribution in [-0.4, -0.2) is 60.5 Å². The Morgan fingerprint density at radius 1 is 1.08 bits per heavy atom. The Labute approximate surface area is 226 Å². The molecule has 1 unspecified atom stereocenters. The van der Waals surface area contributed by atoms with E-state index < -0.39 is 11.8 Å². The molecule has 0 saturated carbocycles. The van der Waals surface area contributed by atoms with Crippen molar-refractivity contribution in [3.8, 4) is 5.75 Å². The van der Waals surface area contributed by atoms with E-state index in [1.807, 2.05) is 57.2 Å². The number of ketones is 1. The first-order valence-electron chi connectivity index (χ1n) is 13.9. The van der Waals surface area contributed by atoms with Crippen LogP contribution >= 0.6 is 0 Å². The fourth-order valence-electron chi connectivity index (χ4n) is 5.52. The maximum atomic E-state index is 13.1. The Bertz CT molecular complexity index is 1140. The third-order valence-electron chi connectivity index (χ3n) is 7.28. The lowest BCUT2D eigenvalue weighted by atomic mass is 9.94. The Morgan fingerprint density at radius 3 is 2.58 bits per heavy atom. The van der Waals surface area contributed by atoms with Gasteiger partial charge in [-0.1, -0.05) is 18.2 Å². The van der Waals surface area contributed by atoms with Crippen LogP contribution in [0.25, 0.3) is 0 Å². The molecule has 0 radical (unpaired) electrons. The summed E-state index contributed by atoms with van der Waals surface area (Å²) in [7, 11) is 1.67. The summed E-state index contributed by atoms with van der Waals surface area (Å²) >= 11 is 0. The number of hydrogen-bond acceptors (Lipinski definition) is 6. The van der Waals surface area contributed by atoms with Gasteiger partial charge in [-0.2, -0.15) is 0 Å². The van der Waals surface area contributed by atoms with Gasteiger partial charge in [-0.3, -0.25) is 4.79 Å². The van der Waals surface area contributed by atoms with Crippen LogP contribution < -0.4 is 9.64 Å². The third kappa shape index (κ3) is 6.87. The number of aryl methyl sites for hydroxylation is 2. The van der Waals surface area contributed by atoms with Gasteiger partial charge in [-0.15, -0.1) is 0 Å². The number of Topliss-reactive ketones (excluding diaryl/α,β-unsaturated/α-hetero) is 1. The number of ether oxygens (including phenoxy) is 2. The summed E-state index contributed by atoms with van der Waals surface area (Å²) in [6.45, 7) is 7.62. The maximum absolute atomic E-state index is 13.1. The van der Waals surface area contributed by atoms with E-state index in [2.05, 4.69) is 4.90 Å². The van der Waals surface area contributed by atoms with E-state index >= 15 is 0 Å². The minimum atomic E-state index is -0.565. The molecule has 38 heavy (non-hydrogen) atoms. The normalized spacial score (nSPS) is 16.2. The SMILES string of the molecule is COc1ccccc1CCCN(CCCCC(=O)c1cc2c3c(c1)CC(O)N3CCC2)C(=O)OC(C)(C)C. The summed E-state index contributed by atoms with van der Waals surface area (Å²) in [5.74, 6) is 0.986. The molecular formula is C31H42N2O5. The zero-order valence-corrected chi connectivity index (χ0v) is 23.3. The predicted molar refractivity (Wildman–Crippen MR) is 149 cm³/mol. The number of amides is 1. The number of hydrogen-bond donors (Lipinski definition) is 1. The minimum Gasteiger partial charge on any atom is -0.496 e. The van der Waals surface area contributed by atoms with Gasteiger partial charge in [0.1, 0.15) is 17.6 Å². The van der Waals surface area contributed by atoms with Gasteiger partial charge in [-0.25, -0.2) is 4.79 Å². The lowest BCUT2D eigenvalue weighted by molar-refractivity contribution is 0.0245. The molecule has 0 aromatic heterocycles. The highest BCUT2D eigenvalue weighted by Crippen LogP contribution is 2.39. The Balaban J connectivity index is 1.31. The standard InChI is InChI=1S/C31H42N2O5/c1-31(2,3)38-30(36)32(17-9-12-22-11-5-6-15-27(22)37-4)16-8-7-14-26(34)24-19-23-13-10-18-33-28(35)21-25(20-24)29(23)33/h5-6,11,15,19-20,28,35H,7-10,12-14,16-18,21H2,1-4H3. The van der Waals surface area contributed by atoms with Crippen LogP contribution in [0.4, 0.5) is 10.5 Å². The van der Waals surface area contributed by atoms with Crippen LogP contribution in [0.5, 0.6) is 5.75 Å². The molecule has 4 rings (SSSR count). The quantitative estimate of drug-likeness (QED) is 0.308. The second kappa shape index (κ2) is 12.2. The van der Waals surface area contributed by atoms with Crippen LogP contribution in [0.1, 0.15) is 79.9 Å². The number of benzene rings is 2. The molecule has 206 valence electrons. The van der Waals surface area contributed by atoms with E-state index in [1.165, 1.54) is 5.56 Å². The number of methoxy groups -OCH3 is 1. The van der Waals surface area contributed by atoms with Crippen molar-refractivity contribution < 1.29 is 24.2 Å². The highest BCUT2D eigenvalue weighted by atomic mass is 16.6. The topological polar surface area (TPSA) is 79.3 Å². The molecule has 0 fully saturated rings. The van der Waals surface area contributed by atoms with E-state index in [-0.39, 0.29) is 11.9 Å². The summed E-state index contributed by atoms with van der Waals surface area (Å²) in [4.78, 5) is 29.8. The number of aliphatic hydroxyl groups excluding tert-OH is 1.